The van der Waals surface area contributed by atoms with Gasteiger partial charge in [0.25, 0.3) is 0 Å². The van der Waals surface area contributed by atoms with Gasteiger partial charge in [-0.1, -0.05) is 68.2 Å². The normalized spacial score (nSPS) is 13.2. The third-order valence-electron chi connectivity index (χ3n) is 3.60. The molecular weight excluding hydrogens is 310 g/mol. The summed E-state index contributed by atoms with van der Waals surface area (Å²) < 4.78 is 1.25. The van der Waals surface area contributed by atoms with Crippen LogP contribution in [0.4, 0.5) is 0 Å². The van der Waals surface area contributed by atoms with Crippen molar-refractivity contribution in [1.29, 1.82) is 0 Å². The van der Waals surface area contributed by atoms with Gasteiger partial charge >= 0.3 is 0 Å². The topological polar surface area (TPSA) is 12.0 Å². The van der Waals surface area contributed by atoms with E-state index in [0.29, 0.717) is 0 Å². The number of rotatable bonds is 9. The van der Waals surface area contributed by atoms with Crippen molar-refractivity contribution in [2.24, 2.45) is 17.8 Å². The maximum Gasteiger partial charge on any atom is 0.0207 e. The summed E-state index contributed by atoms with van der Waals surface area (Å²) in [5.41, 5.74) is 1.44. The van der Waals surface area contributed by atoms with Crippen molar-refractivity contribution in [3.63, 3.8) is 0 Å². The lowest BCUT2D eigenvalue weighted by Gasteiger charge is -2.20. The van der Waals surface area contributed by atoms with Gasteiger partial charge < -0.3 is 5.32 Å². The van der Waals surface area contributed by atoms with Crippen LogP contribution in [-0.2, 0) is 6.42 Å². The van der Waals surface area contributed by atoms with Crippen LogP contribution in [0.15, 0.2) is 28.7 Å². The van der Waals surface area contributed by atoms with Crippen molar-refractivity contribution in [3.05, 3.63) is 34.3 Å². The lowest BCUT2D eigenvalue weighted by Crippen LogP contribution is -2.28. The van der Waals surface area contributed by atoms with E-state index in [9.17, 15) is 0 Å². The molecule has 1 atom stereocenters. The van der Waals surface area contributed by atoms with E-state index in [0.717, 1.165) is 30.8 Å². The van der Waals surface area contributed by atoms with Crippen LogP contribution in [0.2, 0.25) is 0 Å². The fourth-order valence-electron chi connectivity index (χ4n) is 2.40. The molecular formula is C18H30BrN. The van der Waals surface area contributed by atoms with Crippen molar-refractivity contribution in [3.8, 4) is 0 Å². The predicted octanol–water partition coefficient (Wildman–Crippen LogP) is 5.29. The standard InChI is InChI=1S/C18H30BrN/c1-14(2)9-10-16(13-20-12-15(3)4)11-17-7-5-6-8-18(17)19/h5-8,14-16,20H,9-13H2,1-4H3. The molecule has 1 aromatic carbocycles. The maximum atomic E-state index is 3.68. The van der Waals surface area contributed by atoms with Gasteiger partial charge in [0.15, 0.2) is 0 Å². The highest BCUT2D eigenvalue weighted by molar-refractivity contribution is 9.10. The van der Waals surface area contributed by atoms with Crippen molar-refractivity contribution >= 4 is 15.9 Å². The van der Waals surface area contributed by atoms with Crippen LogP contribution in [0.1, 0.15) is 46.1 Å². The van der Waals surface area contributed by atoms with Crippen LogP contribution in [0.3, 0.4) is 0 Å². The highest BCUT2D eigenvalue weighted by Gasteiger charge is 2.12. The van der Waals surface area contributed by atoms with E-state index in [4.69, 9.17) is 0 Å². The molecule has 0 saturated heterocycles. The van der Waals surface area contributed by atoms with Gasteiger partial charge in [-0.3, -0.25) is 0 Å². The smallest absolute Gasteiger partial charge is 0.0207 e. The molecule has 0 fully saturated rings. The fraction of sp³-hybridized carbons (Fsp3) is 0.667. The van der Waals surface area contributed by atoms with E-state index < -0.39 is 0 Å². The summed E-state index contributed by atoms with van der Waals surface area (Å²) in [5.74, 6) is 2.25. The maximum absolute atomic E-state index is 3.68. The quantitative estimate of drug-likeness (QED) is 0.644. The molecule has 0 aliphatic rings. The Morgan fingerprint density at radius 2 is 1.65 bits per heavy atom. The molecule has 0 saturated carbocycles. The number of benzene rings is 1. The van der Waals surface area contributed by atoms with Gasteiger partial charge in [-0.05, 0) is 55.3 Å². The minimum Gasteiger partial charge on any atom is -0.316 e. The van der Waals surface area contributed by atoms with Crippen LogP contribution in [0, 0.1) is 17.8 Å². The lowest BCUT2D eigenvalue weighted by molar-refractivity contribution is 0.388. The zero-order chi connectivity index (χ0) is 15.0. The number of nitrogens with one attached hydrogen (secondary N) is 1. The first kappa shape index (κ1) is 17.7. The summed E-state index contributed by atoms with van der Waals surface area (Å²) in [4.78, 5) is 0. The Kier molecular flexibility index (Phi) is 8.47. The minimum absolute atomic E-state index is 0.726. The van der Waals surface area contributed by atoms with Gasteiger partial charge in [-0.2, -0.15) is 0 Å². The van der Waals surface area contributed by atoms with E-state index in [1.807, 2.05) is 0 Å². The molecule has 0 spiro atoms. The van der Waals surface area contributed by atoms with Crippen LogP contribution < -0.4 is 5.32 Å². The van der Waals surface area contributed by atoms with Crippen LogP contribution >= 0.6 is 15.9 Å². The fourth-order valence-corrected chi connectivity index (χ4v) is 2.84. The van der Waals surface area contributed by atoms with Crippen molar-refractivity contribution in [2.75, 3.05) is 13.1 Å². The predicted molar refractivity (Wildman–Crippen MR) is 93.1 cm³/mol. The van der Waals surface area contributed by atoms with Crippen molar-refractivity contribution in [2.45, 2.75) is 47.0 Å². The molecule has 1 rings (SSSR count). The second kappa shape index (κ2) is 9.57. The molecule has 2 heteroatoms. The molecule has 1 unspecified atom stereocenters. The zero-order valence-electron chi connectivity index (χ0n) is 13.5. The van der Waals surface area contributed by atoms with Crippen LogP contribution in [0.5, 0.6) is 0 Å². The van der Waals surface area contributed by atoms with Crippen LogP contribution in [-0.4, -0.2) is 13.1 Å². The van der Waals surface area contributed by atoms with Crippen molar-refractivity contribution in [1.82, 2.24) is 5.32 Å². The number of hydrogen-bond donors (Lipinski definition) is 1. The number of halogens is 1. The average Bonchev–Trinajstić information content (AvgIpc) is 2.37. The Morgan fingerprint density at radius 1 is 0.950 bits per heavy atom. The molecule has 0 radical (unpaired) electrons. The van der Waals surface area contributed by atoms with E-state index in [1.54, 1.807) is 0 Å². The Morgan fingerprint density at radius 3 is 2.25 bits per heavy atom. The molecule has 20 heavy (non-hydrogen) atoms. The molecule has 1 N–H and O–H groups in total. The summed E-state index contributed by atoms with van der Waals surface area (Å²) in [7, 11) is 0. The highest BCUT2D eigenvalue weighted by Crippen LogP contribution is 2.22. The van der Waals surface area contributed by atoms with Gasteiger partial charge in [0.05, 0.1) is 0 Å². The third-order valence-corrected chi connectivity index (χ3v) is 4.38. The summed E-state index contributed by atoms with van der Waals surface area (Å²) >= 11 is 3.68. The monoisotopic (exact) mass is 339 g/mol. The minimum atomic E-state index is 0.726. The number of hydrogen-bond acceptors (Lipinski definition) is 1. The Bertz CT molecular complexity index is 373. The van der Waals surface area contributed by atoms with Crippen LogP contribution in [0.25, 0.3) is 0 Å². The molecule has 114 valence electrons. The van der Waals surface area contributed by atoms with Gasteiger partial charge in [0.2, 0.25) is 0 Å². The Hall–Kier alpha value is -0.340. The van der Waals surface area contributed by atoms with Gasteiger partial charge in [0.1, 0.15) is 0 Å². The van der Waals surface area contributed by atoms with Gasteiger partial charge in [-0.25, -0.2) is 0 Å². The molecule has 0 bridgehead atoms. The van der Waals surface area contributed by atoms with Gasteiger partial charge in [0, 0.05) is 4.47 Å². The second-order valence-electron chi connectivity index (χ2n) is 6.68. The largest absolute Gasteiger partial charge is 0.316 e. The average molecular weight is 340 g/mol. The summed E-state index contributed by atoms with van der Waals surface area (Å²) in [6.45, 7) is 11.4. The van der Waals surface area contributed by atoms with E-state index in [2.05, 4.69) is 73.2 Å². The lowest BCUT2D eigenvalue weighted by atomic mass is 9.91. The summed E-state index contributed by atoms with van der Waals surface area (Å²) in [6.07, 6.45) is 3.79. The first-order chi connectivity index (χ1) is 9.49. The molecule has 0 amide bonds. The zero-order valence-corrected chi connectivity index (χ0v) is 15.0. The van der Waals surface area contributed by atoms with E-state index in [1.165, 1.54) is 29.3 Å². The Balaban J connectivity index is 2.54. The van der Waals surface area contributed by atoms with Crippen molar-refractivity contribution < 1.29 is 0 Å². The molecule has 1 nitrogen and oxygen atoms in total. The second-order valence-corrected chi connectivity index (χ2v) is 7.54. The molecule has 0 aliphatic heterocycles. The SMILES string of the molecule is CC(C)CCC(CNCC(C)C)Cc1ccccc1Br. The molecule has 0 aliphatic carbocycles. The molecule has 0 heterocycles. The highest BCUT2D eigenvalue weighted by atomic mass is 79.9. The summed E-state index contributed by atoms with van der Waals surface area (Å²) in [6, 6.07) is 8.63. The van der Waals surface area contributed by atoms with E-state index >= 15 is 0 Å². The summed E-state index contributed by atoms with van der Waals surface area (Å²) in [5, 5.41) is 3.63. The molecule has 0 aromatic heterocycles. The first-order valence-corrected chi connectivity index (χ1v) is 8.72. The van der Waals surface area contributed by atoms with Gasteiger partial charge in [-0.15, -0.1) is 0 Å². The Labute approximate surface area is 133 Å². The molecule has 1 aromatic rings. The first-order valence-electron chi connectivity index (χ1n) is 7.93. The third kappa shape index (κ3) is 7.44. The van der Waals surface area contributed by atoms with E-state index in [-0.39, 0.29) is 0 Å².